The molecule has 2 N–H and O–H groups in total. The van der Waals surface area contributed by atoms with Gasteiger partial charge in [0, 0.05) is 25.2 Å². The Morgan fingerprint density at radius 2 is 0.978 bits per heavy atom. The van der Waals surface area contributed by atoms with Crippen molar-refractivity contribution in [1.29, 1.82) is 0 Å². The van der Waals surface area contributed by atoms with Crippen molar-refractivity contribution in [3.63, 3.8) is 0 Å². The molecule has 4 fully saturated rings. The first-order valence-electron chi connectivity index (χ1n) is 17.1. The summed E-state index contributed by atoms with van der Waals surface area (Å²) >= 11 is 0. The lowest BCUT2D eigenvalue weighted by Gasteiger charge is -2.36. The molecule has 1 unspecified atom stereocenters. The van der Waals surface area contributed by atoms with Crippen LogP contribution in [0.15, 0.2) is 24.3 Å². The summed E-state index contributed by atoms with van der Waals surface area (Å²) in [6.07, 6.45) is 12.4. The molecule has 4 bridgehead atoms. The number of hydrogen-bond acceptors (Lipinski definition) is 7. The van der Waals surface area contributed by atoms with Gasteiger partial charge in [-0.3, -0.25) is 9.59 Å². The number of fused-ring (bicyclic) bond motifs is 4. The van der Waals surface area contributed by atoms with Gasteiger partial charge in [0.1, 0.15) is 23.3 Å². The summed E-state index contributed by atoms with van der Waals surface area (Å²) < 4.78 is 11.3. The number of nitrogens with zero attached hydrogens (tertiary/aromatic N) is 2. The molecule has 11 heteroatoms. The molecule has 4 amide bonds. The van der Waals surface area contributed by atoms with Crippen LogP contribution in [-0.4, -0.2) is 88.0 Å². The minimum Gasteiger partial charge on any atom is -0.458 e. The number of carbonyl (C=O) groups is 5. The average molecular weight is 639 g/mol. The maximum atomic E-state index is 14.0. The van der Waals surface area contributed by atoms with Crippen LogP contribution in [0.1, 0.15) is 80.1 Å². The third kappa shape index (κ3) is 6.30. The van der Waals surface area contributed by atoms with Crippen LogP contribution >= 0.6 is 0 Å². The Hall–Kier alpha value is -3.37. The van der Waals surface area contributed by atoms with Crippen LogP contribution in [0.2, 0.25) is 0 Å². The lowest BCUT2D eigenvalue weighted by atomic mass is 9.86. The van der Waals surface area contributed by atoms with E-state index in [9.17, 15) is 24.0 Å². The van der Waals surface area contributed by atoms with E-state index < -0.39 is 53.2 Å². The Labute approximate surface area is 271 Å². The zero-order valence-corrected chi connectivity index (χ0v) is 28.0. The molecule has 0 spiro atoms. The number of ether oxygens (including phenoxy) is 2. The van der Waals surface area contributed by atoms with Crippen LogP contribution in [0, 0.1) is 35.5 Å². The Morgan fingerprint density at radius 1 is 0.609 bits per heavy atom. The minimum absolute atomic E-state index is 0.0117. The normalized spacial score (nSPS) is 36.0. The fraction of sp³-hybridized carbons (Fsp3) is 0.743. The van der Waals surface area contributed by atoms with E-state index in [2.05, 4.69) is 34.9 Å². The third-order valence-electron chi connectivity index (χ3n) is 10.5. The van der Waals surface area contributed by atoms with Gasteiger partial charge in [-0.25, -0.2) is 14.4 Å². The first kappa shape index (κ1) is 32.6. The summed E-state index contributed by atoms with van der Waals surface area (Å²) in [5.74, 6) is -1.93. The van der Waals surface area contributed by atoms with Crippen molar-refractivity contribution in [3.05, 3.63) is 24.3 Å². The molecule has 0 radical (unpaired) electrons. The maximum Gasteiger partial charge on any atom is 0.329 e. The first-order chi connectivity index (χ1) is 21.6. The van der Waals surface area contributed by atoms with E-state index in [1.165, 1.54) is 0 Å². The highest BCUT2D eigenvalue weighted by Crippen LogP contribution is 2.47. The van der Waals surface area contributed by atoms with E-state index >= 15 is 0 Å². The van der Waals surface area contributed by atoms with Gasteiger partial charge >= 0.3 is 18.0 Å². The smallest absolute Gasteiger partial charge is 0.329 e. The van der Waals surface area contributed by atoms with Crippen molar-refractivity contribution in [1.82, 2.24) is 20.4 Å². The number of hydrogen-bond donors (Lipinski definition) is 2. The van der Waals surface area contributed by atoms with Crippen molar-refractivity contribution in [2.24, 2.45) is 35.5 Å². The number of rotatable bonds is 6. The highest BCUT2D eigenvalue weighted by molar-refractivity contribution is 5.90. The van der Waals surface area contributed by atoms with Crippen molar-refractivity contribution in [3.8, 4) is 0 Å². The summed E-state index contributed by atoms with van der Waals surface area (Å²) in [6, 6.07) is -2.47. The largest absolute Gasteiger partial charge is 0.458 e. The number of likely N-dealkylation sites (tertiary alicyclic amines) is 2. The summed E-state index contributed by atoms with van der Waals surface area (Å²) in [4.78, 5) is 71.1. The molecular weight excluding hydrogens is 588 g/mol. The number of amides is 4. The zero-order chi connectivity index (χ0) is 33.1. The first-order valence-corrected chi connectivity index (χ1v) is 17.1. The van der Waals surface area contributed by atoms with E-state index in [-0.39, 0.29) is 47.4 Å². The van der Waals surface area contributed by atoms with Crippen molar-refractivity contribution >= 4 is 29.8 Å². The molecule has 0 aromatic rings. The van der Waals surface area contributed by atoms with Crippen LogP contribution in [0.3, 0.4) is 0 Å². The third-order valence-corrected chi connectivity index (χ3v) is 10.5. The second kappa shape index (κ2) is 12.0. The average Bonchev–Trinajstić information content (AvgIpc) is 3.80. The highest BCUT2D eigenvalue weighted by atomic mass is 16.6. The summed E-state index contributed by atoms with van der Waals surface area (Å²) in [6.45, 7) is 11.9. The molecule has 0 aromatic carbocycles. The van der Waals surface area contributed by atoms with Gasteiger partial charge in [-0.1, -0.05) is 24.3 Å². The van der Waals surface area contributed by atoms with Crippen LogP contribution in [0.4, 0.5) is 4.79 Å². The van der Waals surface area contributed by atoms with E-state index in [1.54, 1.807) is 9.80 Å². The summed E-state index contributed by atoms with van der Waals surface area (Å²) in [5.41, 5.74) is -1.30. The molecule has 11 nitrogen and oxygen atoms in total. The van der Waals surface area contributed by atoms with Crippen molar-refractivity contribution in [2.75, 3.05) is 13.1 Å². The topological polar surface area (TPSA) is 134 Å². The Morgan fingerprint density at radius 3 is 1.35 bits per heavy atom. The quantitative estimate of drug-likeness (QED) is 0.337. The molecule has 0 aromatic heterocycles. The number of urea groups is 1. The SMILES string of the molecule is CC(C)(C)OC(=O)[C@@H]1CCCN1C(=O)C1[C@@H]2C=C[C@@H](C2)[C@@H]1NC(=O)N[C@@H]1[C@H](C(=O)N2CCC[C@H]2C(=O)OC(C)(C)C)[C@@H]2C=C[C@H]1C2. The fourth-order valence-corrected chi connectivity index (χ4v) is 8.73. The molecule has 6 rings (SSSR count). The van der Waals surface area contributed by atoms with Gasteiger partial charge < -0.3 is 29.9 Å². The van der Waals surface area contributed by atoms with Crippen molar-refractivity contribution in [2.45, 2.75) is 115 Å². The maximum absolute atomic E-state index is 14.0. The lowest BCUT2D eigenvalue weighted by molar-refractivity contribution is -0.164. The van der Waals surface area contributed by atoms with Crippen LogP contribution < -0.4 is 10.6 Å². The van der Waals surface area contributed by atoms with Crippen LogP contribution in [-0.2, 0) is 28.7 Å². The molecule has 4 aliphatic carbocycles. The Bertz CT molecular complexity index is 1230. The molecular formula is C35H50N4O7. The Kier molecular flexibility index (Phi) is 8.51. The molecule has 2 saturated carbocycles. The zero-order valence-electron chi connectivity index (χ0n) is 28.0. The molecule has 46 heavy (non-hydrogen) atoms. The van der Waals surface area contributed by atoms with E-state index in [1.807, 2.05) is 41.5 Å². The molecule has 252 valence electrons. The predicted molar refractivity (Wildman–Crippen MR) is 169 cm³/mol. The van der Waals surface area contributed by atoms with E-state index in [4.69, 9.17) is 9.47 Å². The number of nitrogens with one attached hydrogen (secondary N) is 2. The monoisotopic (exact) mass is 638 g/mol. The van der Waals surface area contributed by atoms with Gasteiger partial charge in [0.2, 0.25) is 11.8 Å². The van der Waals surface area contributed by atoms with Gasteiger partial charge in [-0.05, 0) is 104 Å². The number of allylic oxidation sites excluding steroid dienone is 2. The summed E-state index contributed by atoms with van der Waals surface area (Å²) in [5, 5.41) is 6.25. The van der Waals surface area contributed by atoms with Gasteiger partial charge in [0.25, 0.3) is 0 Å². The van der Waals surface area contributed by atoms with Gasteiger partial charge in [-0.2, -0.15) is 0 Å². The fourth-order valence-electron chi connectivity index (χ4n) is 8.73. The van der Waals surface area contributed by atoms with Crippen LogP contribution in [0.5, 0.6) is 0 Å². The van der Waals surface area contributed by atoms with E-state index in [0.29, 0.717) is 25.9 Å². The Balaban J connectivity index is 1.13. The molecule has 6 aliphatic rings. The van der Waals surface area contributed by atoms with Crippen LogP contribution in [0.25, 0.3) is 0 Å². The lowest BCUT2D eigenvalue weighted by Crippen LogP contribution is -2.57. The second-order valence-corrected chi connectivity index (χ2v) is 16.1. The number of esters is 2. The van der Waals surface area contributed by atoms with Gasteiger partial charge in [-0.15, -0.1) is 0 Å². The van der Waals surface area contributed by atoms with E-state index in [0.717, 1.165) is 25.7 Å². The highest BCUT2D eigenvalue weighted by Gasteiger charge is 2.54. The van der Waals surface area contributed by atoms with Gasteiger partial charge in [0.05, 0.1) is 11.8 Å². The number of carbonyl (C=O) groups excluding carboxylic acids is 5. The molecule has 2 heterocycles. The summed E-state index contributed by atoms with van der Waals surface area (Å²) in [7, 11) is 0. The molecule has 2 saturated heterocycles. The predicted octanol–water partition coefficient (Wildman–Crippen LogP) is 3.33. The van der Waals surface area contributed by atoms with Crippen molar-refractivity contribution < 1.29 is 33.4 Å². The molecule has 10 atom stereocenters. The standard InChI is InChI=1S/C35H50N4O7/c1-34(2,3)45-31(42)23-9-7-15-38(23)29(40)25-19-11-13-21(17-19)27(25)36-33(44)37-28-22-14-12-20(18-22)26(28)30(41)39-16-8-10-24(39)32(43)46-35(4,5)6/h11-14,19-28H,7-10,15-18H2,1-6H3,(H2,36,37,44)/t19-,20-,21+,22+,23+,24+,25-,26?,27+,28+/m1/s1. The van der Waals surface area contributed by atoms with Gasteiger partial charge in [0.15, 0.2) is 0 Å². The molecule has 2 aliphatic heterocycles. The minimum atomic E-state index is -0.648. The second-order valence-electron chi connectivity index (χ2n) is 16.1.